The highest BCUT2D eigenvalue weighted by Gasteiger charge is 2.36. The van der Waals surface area contributed by atoms with Gasteiger partial charge in [0, 0.05) is 48.4 Å². The number of rotatable bonds is 10. The van der Waals surface area contributed by atoms with E-state index in [-0.39, 0.29) is 54.7 Å². The molecule has 50 heavy (non-hydrogen) atoms. The molecule has 3 heterocycles. The molecule has 1 aliphatic carbocycles. The Morgan fingerprint density at radius 3 is 2.32 bits per heavy atom. The largest absolute Gasteiger partial charge is 0.368 e. The highest BCUT2D eigenvalue weighted by molar-refractivity contribution is 6.02. The molecule has 1 aliphatic heterocycles. The Labute approximate surface area is 295 Å². The fourth-order valence-electron chi connectivity index (χ4n) is 6.68. The molecule has 1 saturated heterocycles. The average Bonchev–Trinajstić information content (AvgIpc) is 3.67. The molecule has 0 spiro atoms. The highest BCUT2D eigenvalue weighted by Crippen LogP contribution is 2.33. The van der Waals surface area contributed by atoms with Crippen molar-refractivity contribution < 1.29 is 19.2 Å². The van der Waals surface area contributed by atoms with Crippen LogP contribution in [0.1, 0.15) is 47.3 Å². The van der Waals surface area contributed by atoms with Gasteiger partial charge in [-0.15, -0.1) is 17.5 Å². The number of anilines is 1. The third-order valence-corrected chi connectivity index (χ3v) is 9.52. The Bertz CT molecular complexity index is 1810. The number of primary amides is 1. The summed E-state index contributed by atoms with van der Waals surface area (Å²) >= 11 is 0. The Morgan fingerprint density at radius 2 is 1.72 bits per heavy atom. The van der Waals surface area contributed by atoms with E-state index < -0.39 is 11.9 Å². The summed E-state index contributed by atoms with van der Waals surface area (Å²) in [7, 11) is 0. The van der Waals surface area contributed by atoms with Crippen LogP contribution in [0, 0.1) is 18.8 Å². The number of aromatic amines is 1. The van der Waals surface area contributed by atoms with Crippen LogP contribution in [0.25, 0.3) is 22.5 Å². The number of nitrogens with zero attached hydrogens (tertiary/aromatic N) is 6. The molecule has 1 atom stereocenters. The van der Waals surface area contributed by atoms with Gasteiger partial charge in [-0.25, -0.2) is 5.10 Å². The SMILES string of the molecule is Cc1cc(C(=O)N2CCNC(=O)C2)ncc1-c1ccc(C[C@@H](C(N)=O)N(c2ccc(-c3nnn[nH]3)cc2)C(=O)[C@H]2CC[C@H](CN)CC2)cc1.Cl. The molecule has 4 aromatic rings. The first-order valence-electron chi connectivity index (χ1n) is 16.5. The number of benzene rings is 2. The maximum atomic E-state index is 14.2. The lowest BCUT2D eigenvalue weighted by Gasteiger charge is -2.35. The second-order valence-electron chi connectivity index (χ2n) is 12.7. The van der Waals surface area contributed by atoms with Gasteiger partial charge < -0.3 is 21.7 Å². The molecule has 2 aromatic heterocycles. The number of carbonyl (C=O) groups is 4. The molecular formula is C35H41ClN10O4. The van der Waals surface area contributed by atoms with Crippen molar-refractivity contribution in [3.05, 3.63) is 77.6 Å². The maximum absolute atomic E-state index is 14.2. The summed E-state index contributed by atoms with van der Waals surface area (Å²) < 4.78 is 0. The number of hydrogen-bond donors (Lipinski definition) is 4. The molecule has 1 saturated carbocycles. The molecule has 4 amide bonds. The predicted octanol–water partition coefficient (Wildman–Crippen LogP) is 2.43. The first-order valence-corrected chi connectivity index (χ1v) is 16.5. The van der Waals surface area contributed by atoms with Crippen molar-refractivity contribution in [2.75, 3.05) is 31.1 Å². The summed E-state index contributed by atoms with van der Waals surface area (Å²) in [5.74, 6) is -0.581. The third kappa shape index (κ3) is 7.98. The van der Waals surface area contributed by atoms with Crippen molar-refractivity contribution in [1.82, 2.24) is 35.8 Å². The number of halogens is 1. The average molecular weight is 701 g/mol. The number of aryl methyl sites for hydroxylation is 1. The number of aromatic nitrogens is 5. The Kier molecular flexibility index (Phi) is 11.5. The molecule has 15 heteroatoms. The van der Waals surface area contributed by atoms with E-state index in [1.54, 1.807) is 41.4 Å². The quantitative estimate of drug-likeness (QED) is 0.191. The lowest BCUT2D eigenvalue weighted by Crippen LogP contribution is -2.52. The summed E-state index contributed by atoms with van der Waals surface area (Å²) in [4.78, 5) is 59.5. The van der Waals surface area contributed by atoms with Crippen LogP contribution in [0.3, 0.4) is 0 Å². The zero-order valence-electron chi connectivity index (χ0n) is 27.7. The molecule has 0 bridgehead atoms. The van der Waals surface area contributed by atoms with Crippen molar-refractivity contribution in [2.45, 2.75) is 45.1 Å². The van der Waals surface area contributed by atoms with E-state index in [0.29, 0.717) is 49.9 Å². The molecule has 14 nitrogen and oxygen atoms in total. The number of piperazine rings is 1. The second kappa shape index (κ2) is 16.0. The van der Waals surface area contributed by atoms with Crippen LogP contribution in [-0.2, 0) is 20.8 Å². The summed E-state index contributed by atoms with van der Waals surface area (Å²) in [5, 5.41) is 16.7. The summed E-state index contributed by atoms with van der Waals surface area (Å²) in [6, 6.07) is 15.6. The van der Waals surface area contributed by atoms with Gasteiger partial charge in [-0.2, -0.15) is 0 Å². The van der Waals surface area contributed by atoms with E-state index in [2.05, 4.69) is 30.9 Å². The van der Waals surface area contributed by atoms with Gasteiger partial charge in [0.2, 0.25) is 17.7 Å². The molecular weight excluding hydrogens is 660 g/mol. The predicted molar refractivity (Wildman–Crippen MR) is 189 cm³/mol. The first kappa shape index (κ1) is 36.1. The molecule has 2 aliphatic rings. The molecule has 6 rings (SSSR count). The lowest BCUT2D eigenvalue weighted by atomic mass is 9.81. The molecule has 262 valence electrons. The number of carbonyl (C=O) groups excluding carboxylic acids is 4. The molecule has 2 fully saturated rings. The monoisotopic (exact) mass is 700 g/mol. The van der Waals surface area contributed by atoms with Gasteiger partial charge in [0.05, 0.1) is 6.54 Å². The van der Waals surface area contributed by atoms with E-state index in [4.69, 9.17) is 11.5 Å². The van der Waals surface area contributed by atoms with Gasteiger partial charge in [-0.05, 0) is 103 Å². The second-order valence-corrected chi connectivity index (χ2v) is 12.7. The minimum absolute atomic E-state index is 0. The number of H-pyrrole nitrogens is 1. The summed E-state index contributed by atoms with van der Waals surface area (Å²) in [6.45, 7) is 3.37. The van der Waals surface area contributed by atoms with Gasteiger partial charge in [-0.1, -0.05) is 24.3 Å². The number of nitrogens with two attached hydrogens (primary N) is 2. The van der Waals surface area contributed by atoms with Crippen molar-refractivity contribution >= 4 is 41.7 Å². The highest BCUT2D eigenvalue weighted by atomic mass is 35.5. The summed E-state index contributed by atoms with van der Waals surface area (Å²) in [5.41, 5.74) is 16.9. The lowest BCUT2D eigenvalue weighted by molar-refractivity contribution is -0.127. The standard InChI is InChI=1S/C35H40N10O4.ClH/c1-21-16-29(35(49)44-15-14-38-31(46)20-44)39-19-28(21)24-6-2-22(3-7-24)17-30(32(37)47)45(34(48)26-8-4-23(18-36)5-9-26)27-12-10-25(11-13-27)33-40-42-43-41-33;/h2-3,6-7,10-13,16,19,23,26,30H,4-5,8-9,14-15,17-18,20,36H2,1H3,(H2,37,47)(H,38,46)(H,40,41,42,43);1H/t23-,26-,30-;/m0./s1. The van der Waals surface area contributed by atoms with Gasteiger partial charge >= 0.3 is 0 Å². The van der Waals surface area contributed by atoms with Crippen molar-refractivity contribution in [3.63, 3.8) is 0 Å². The zero-order chi connectivity index (χ0) is 34.5. The molecule has 2 aromatic carbocycles. The van der Waals surface area contributed by atoms with E-state index in [1.165, 1.54) is 4.90 Å². The number of pyridine rings is 1. The molecule has 0 unspecified atom stereocenters. The maximum Gasteiger partial charge on any atom is 0.272 e. The van der Waals surface area contributed by atoms with Crippen LogP contribution in [0.4, 0.5) is 5.69 Å². The molecule has 0 radical (unpaired) electrons. The van der Waals surface area contributed by atoms with Crippen LogP contribution in [-0.4, -0.2) is 86.4 Å². The van der Waals surface area contributed by atoms with Crippen LogP contribution in [0.5, 0.6) is 0 Å². The number of hydrogen-bond acceptors (Lipinski definition) is 9. The normalized spacial score (nSPS) is 18.0. The van der Waals surface area contributed by atoms with Gasteiger partial charge in [0.1, 0.15) is 11.7 Å². The van der Waals surface area contributed by atoms with Crippen LogP contribution in [0.15, 0.2) is 60.8 Å². The number of tetrazole rings is 1. The minimum atomic E-state index is -0.936. The number of nitrogens with one attached hydrogen (secondary N) is 2. The topological polar surface area (TPSA) is 206 Å². The minimum Gasteiger partial charge on any atom is -0.368 e. The van der Waals surface area contributed by atoms with Crippen LogP contribution < -0.4 is 21.7 Å². The van der Waals surface area contributed by atoms with Crippen LogP contribution >= 0.6 is 12.4 Å². The van der Waals surface area contributed by atoms with E-state index in [0.717, 1.165) is 40.7 Å². The van der Waals surface area contributed by atoms with E-state index >= 15 is 0 Å². The van der Waals surface area contributed by atoms with E-state index in [9.17, 15) is 19.2 Å². The van der Waals surface area contributed by atoms with Crippen molar-refractivity contribution in [1.29, 1.82) is 0 Å². The number of amides is 4. The fraction of sp³-hybridized carbons (Fsp3) is 0.371. The Balaban J connectivity index is 0.00000486. The van der Waals surface area contributed by atoms with Gasteiger partial charge in [0.25, 0.3) is 5.91 Å². The fourth-order valence-corrected chi connectivity index (χ4v) is 6.68. The summed E-state index contributed by atoms with van der Waals surface area (Å²) in [6.07, 6.45) is 4.99. The Hall–Kier alpha value is -5.21. The van der Waals surface area contributed by atoms with Gasteiger partial charge in [0.15, 0.2) is 5.82 Å². The zero-order valence-corrected chi connectivity index (χ0v) is 28.6. The molecule has 6 N–H and O–H groups in total. The van der Waals surface area contributed by atoms with Crippen LogP contribution in [0.2, 0.25) is 0 Å². The van der Waals surface area contributed by atoms with Crippen molar-refractivity contribution in [3.8, 4) is 22.5 Å². The first-order chi connectivity index (χ1) is 23.7. The Morgan fingerprint density at radius 1 is 1.02 bits per heavy atom. The van der Waals surface area contributed by atoms with Gasteiger partial charge in [-0.3, -0.25) is 29.1 Å². The van der Waals surface area contributed by atoms with Crippen molar-refractivity contribution in [2.24, 2.45) is 23.3 Å². The van der Waals surface area contributed by atoms with E-state index in [1.807, 2.05) is 31.2 Å². The third-order valence-electron chi connectivity index (χ3n) is 9.52. The smallest absolute Gasteiger partial charge is 0.272 e.